The summed E-state index contributed by atoms with van der Waals surface area (Å²) < 4.78 is 39.3. The van der Waals surface area contributed by atoms with Gasteiger partial charge in [-0.15, -0.1) is 0 Å². The van der Waals surface area contributed by atoms with E-state index in [9.17, 15) is 14.7 Å². The van der Waals surface area contributed by atoms with E-state index in [0.29, 0.717) is 22.8 Å². The minimum Gasteiger partial charge on any atom is -0.477 e. The maximum Gasteiger partial charge on any atom is 0.353 e. The third kappa shape index (κ3) is 4.04. The average Bonchev–Trinajstić information content (AvgIpc) is 3.60. The van der Waals surface area contributed by atoms with Gasteiger partial charge < -0.3 is 19.0 Å². The zero-order chi connectivity index (χ0) is 27.4. The van der Waals surface area contributed by atoms with Gasteiger partial charge in [0.25, 0.3) is 0 Å². The molecule has 1 aliphatic carbocycles. The molecule has 0 amide bonds. The van der Waals surface area contributed by atoms with Gasteiger partial charge in [0.1, 0.15) is 22.9 Å². The predicted octanol–water partition coefficient (Wildman–Crippen LogP) is 5.24. The Balaban J connectivity index is 1.58. The second kappa shape index (κ2) is 9.32. The molecule has 3 aromatic heterocycles. The highest BCUT2D eigenvalue weighted by atomic mass is 19.1. The Bertz CT molecular complexity index is 1870. The summed E-state index contributed by atoms with van der Waals surface area (Å²) in [7, 11) is 3.87. The molecule has 1 aliphatic rings. The topological polar surface area (TPSA) is 93.5 Å². The van der Waals surface area contributed by atoms with Crippen LogP contribution in [0.1, 0.15) is 28.0 Å². The van der Waals surface area contributed by atoms with E-state index in [1.807, 2.05) is 19.0 Å². The first-order valence-corrected chi connectivity index (χ1v) is 12.4. The smallest absolute Gasteiger partial charge is 0.353 e. The van der Waals surface area contributed by atoms with Crippen LogP contribution in [-0.2, 0) is 17.9 Å². The van der Waals surface area contributed by atoms with Crippen LogP contribution in [0.4, 0.5) is 8.78 Å². The molecule has 1 N–H and O–H groups in total. The van der Waals surface area contributed by atoms with Gasteiger partial charge in [0.15, 0.2) is 5.78 Å². The molecule has 0 unspecified atom stereocenters. The van der Waals surface area contributed by atoms with E-state index in [2.05, 4.69) is 5.10 Å². The van der Waals surface area contributed by atoms with Gasteiger partial charge in [0, 0.05) is 41.1 Å². The number of hydrogen-bond acceptors (Lipinski definition) is 5. The Hall–Kier alpha value is -4.57. The molecule has 6 rings (SSSR count). The van der Waals surface area contributed by atoms with Gasteiger partial charge in [-0.25, -0.2) is 13.6 Å². The summed E-state index contributed by atoms with van der Waals surface area (Å²) in [4.78, 5) is 27.6. The maximum absolute atomic E-state index is 15.5. The van der Waals surface area contributed by atoms with Crippen LogP contribution in [0.2, 0.25) is 0 Å². The van der Waals surface area contributed by atoms with Crippen molar-refractivity contribution in [3.05, 3.63) is 83.4 Å². The first-order valence-electron chi connectivity index (χ1n) is 12.4. The maximum atomic E-state index is 15.5. The summed E-state index contributed by atoms with van der Waals surface area (Å²) in [6.07, 6.45) is 7.95. The number of halogens is 2. The van der Waals surface area contributed by atoms with Crippen molar-refractivity contribution in [3.8, 4) is 0 Å². The number of furan rings is 1. The van der Waals surface area contributed by atoms with Crippen molar-refractivity contribution in [1.29, 1.82) is 0 Å². The number of carbonyl (C=O) groups excluding carboxylic acids is 1. The van der Waals surface area contributed by atoms with Gasteiger partial charge in [-0.05, 0) is 32.3 Å². The number of nitrogens with zero attached hydrogens (tertiary/aromatic N) is 4. The lowest BCUT2D eigenvalue weighted by Crippen LogP contribution is -2.19. The number of likely N-dealkylation sites (N-methyl/N-ethyl adjacent to an activating group) is 1. The SMILES string of the molecule is CN(C)CCn1ncc2cc(Cn3c(C(=O)O)c(C4=CC=CCC4=O)c4c5occc5c(F)cc43)c(F)cc21. The normalized spacial score (nSPS) is 13.9. The van der Waals surface area contributed by atoms with E-state index >= 15 is 8.78 Å². The lowest BCUT2D eigenvalue weighted by molar-refractivity contribution is -0.113. The fourth-order valence-electron chi connectivity index (χ4n) is 5.23. The molecule has 2 aromatic carbocycles. The summed E-state index contributed by atoms with van der Waals surface area (Å²) in [5.41, 5.74) is 1.19. The van der Waals surface area contributed by atoms with Crippen LogP contribution in [0, 0.1) is 11.6 Å². The first-order chi connectivity index (χ1) is 18.7. The van der Waals surface area contributed by atoms with Gasteiger partial charge in [0.2, 0.25) is 0 Å². The monoisotopic (exact) mass is 530 g/mol. The summed E-state index contributed by atoms with van der Waals surface area (Å²) in [5, 5.41) is 15.9. The molecule has 3 heterocycles. The van der Waals surface area contributed by atoms with Gasteiger partial charge in [-0.3, -0.25) is 9.48 Å². The van der Waals surface area contributed by atoms with Crippen LogP contribution in [0.5, 0.6) is 0 Å². The largest absolute Gasteiger partial charge is 0.477 e. The van der Waals surface area contributed by atoms with Crippen molar-refractivity contribution in [3.63, 3.8) is 0 Å². The Labute approximate surface area is 221 Å². The predicted molar refractivity (Wildman–Crippen MR) is 143 cm³/mol. The number of ketones is 1. The molecule has 0 radical (unpaired) electrons. The van der Waals surface area contributed by atoms with E-state index in [0.717, 1.165) is 6.54 Å². The van der Waals surface area contributed by atoms with Crippen molar-refractivity contribution < 1.29 is 27.9 Å². The minimum absolute atomic E-state index is 0.100. The van der Waals surface area contributed by atoms with Crippen molar-refractivity contribution >= 4 is 50.1 Å². The molecule has 0 saturated carbocycles. The van der Waals surface area contributed by atoms with Crippen molar-refractivity contribution in [1.82, 2.24) is 19.2 Å². The minimum atomic E-state index is -1.33. The highest BCUT2D eigenvalue weighted by molar-refractivity contribution is 6.29. The summed E-state index contributed by atoms with van der Waals surface area (Å²) in [6.45, 7) is 1.07. The lowest BCUT2D eigenvalue weighted by Gasteiger charge is -2.13. The Morgan fingerprint density at radius 1 is 1.18 bits per heavy atom. The number of carbonyl (C=O) groups is 2. The van der Waals surface area contributed by atoms with Crippen LogP contribution in [0.15, 0.2) is 59.4 Å². The molecule has 8 nitrogen and oxygen atoms in total. The van der Waals surface area contributed by atoms with Crippen molar-refractivity contribution in [2.75, 3.05) is 20.6 Å². The molecule has 0 saturated heterocycles. The third-order valence-electron chi connectivity index (χ3n) is 7.09. The molecule has 0 atom stereocenters. The van der Waals surface area contributed by atoms with Crippen LogP contribution < -0.4 is 0 Å². The number of carboxylic acid groups (broad SMARTS) is 1. The summed E-state index contributed by atoms with van der Waals surface area (Å²) >= 11 is 0. The average molecular weight is 531 g/mol. The van der Waals surface area contributed by atoms with Crippen LogP contribution in [-0.4, -0.2) is 56.7 Å². The highest BCUT2D eigenvalue weighted by Gasteiger charge is 2.31. The molecule has 39 heavy (non-hydrogen) atoms. The van der Waals surface area contributed by atoms with E-state index in [1.165, 1.54) is 29.0 Å². The number of aromatic nitrogens is 3. The first kappa shape index (κ1) is 24.7. The number of fused-ring (bicyclic) bond motifs is 4. The number of allylic oxidation sites excluding steroid dienone is 4. The summed E-state index contributed by atoms with van der Waals surface area (Å²) in [5.74, 6) is -2.77. The fraction of sp³-hybridized carbons (Fsp3) is 0.207. The quantitative estimate of drug-likeness (QED) is 0.310. The fourth-order valence-corrected chi connectivity index (χ4v) is 5.23. The molecule has 0 bridgehead atoms. The summed E-state index contributed by atoms with van der Waals surface area (Å²) in [6, 6.07) is 5.66. The number of carboxylic acids is 1. The highest BCUT2D eigenvalue weighted by Crippen LogP contribution is 2.40. The zero-order valence-corrected chi connectivity index (χ0v) is 21.2. The number of benzene rings is 2. The van der Waals surface area contributed by atoms with E-state index in [4.69, 9.17) is 4.42 Å². The standard InChI is InChI=1S/C29H24F2N4O4/c1-33(2)8-9-35-22-12-20(30)17(11-16(22)14-32-35)15-34-23-13-21(31)18-7-10-39-28(18)26(23)25(27(34)29(37)38)19-5-3-4-6-24(19)36/h3-5,7,10-14H,6,8-9,15H2,1-2H3,(H,37,38). The van der Waals surface area contributed by atoms with Gasteiger partial charge in [-0.1, -0.05) is 18.2 Å². The molecule has 0 fully saturated rings. The number of hydrogen-bond donors (Lipinski definition) is 1. The second-order valence-electron chi connectivity index (χ2n) is 9.84. The van der Waals surface area contributed by atoms with Crippen LogP contribution >= 0.6 is 0 Å². The van der Waals surface area contributed by atoms with E-state index < -0.39 is 17.6 Å². The van der Waals surface area contributed by atoms with Crippen molar-refractivity contribution in [2.45, 2.75) is 19.5 Å². The Morgan fingerprint density at radius 2 is 1.97 bits per heavy atom. The van der Waals surface area contributed by atoms with Crippen LogP contribution in [0.25, 0.3) is 38.3 Å². The van der Waals surface area contributed by atoms with Gasteiger partial charge in [0.05, 0.1) is 47.4 Å². The van der Waals surface area contributed by atoms with Crippen LogP contribution in [0.3, 0.4) is 0 Å². The van der Waals surface area contributed by atoms with Gasteiger partial charge >= 0.3 is 5.97 Å². The Morgan fingerprint density at radius 3 is 2.72 bits per heavy atom. The zero-order valence-electron chi connectivity index (χ0n) is 21.2. The molecule has 0 spiro atoms. The molecule has 5 aromatic rings. The van der Waals surface area contributed by atoms with Gasteiger partial charge in [-0.2, -0.15) is 5.10 Å². The third-order valence-corrected chi connectivity index (χ3v) is 7.09. The number of Topliss-reactive ketones (excluding diaryl/α,β-unsaturated/α-hetero) is 1. The van der Waals surface area contributed by atoms with Crippen molar-refractivity contribution in [2.24, 2.45) is 0 Å². The molecule has 198 valence electrons. The number of rotatable bonds is 7. The molecular weight excluding hydrogens is 506 g/mol. The van der Waals surface area contributed by atoms with E-state index in [1.54, 1.807) is 35.2 Å². The van der Waals surface area contributed by atoms with E-state index in [-0.39, 0.29) is 57.6 Å². The Kier molecular flexibility index (Phi) is 5.91. The second-order valence-corrected chi connectivity index (χ2v) is 9.84. The molecule has 10 heteroatoms. The molecule has 0 aliphatic heterocycles. The number of aromatic carboxylic acids is 1. The lowest BCUT2D eigenvalue weighted by atomic mass is 9.93. The molecular formula is C29H24F2N4O4.